The third-order valence-electron chi connectivity index (χ3n) is 2.07. The quantitative estimate of drug-likeness (QED) is 0.673. The van der Waals surface area contributed by atoms with Crippen LogP contribution in [0.2, 0.25) is 5.02 Å². The Morgan fingerprint density at radius 1 is 1.57 bits per heavy atom. The summed E-state index contributed by atoms with van der Waals surface area (Å²) >= 11 is 5.96. The molecule has 14 heavy (non-hydrogen) atoms. The van der Waals surface area contributed by atoms with E-state index in [2.05, 4.69) is 5.32 Å². The van der Waals surface area contributed by atoms with Gasteiger partial charge in [-0.15, -0.1) is 0 Å². The van der Waals surface area contributed by atoms with Crippen molar-refractivity contribution in [2.75, 3.05) is 17.7 Å². The fourth-order valence-electron chi connectivity index (χ4n) is 1.15. The van der Waals surface area contributed by atoms with Crippen molar-refractivity contribution in [2.45, 2.75) is 19.4 Å². The number of anilines is 2. The van der Waals surface area contributed by atoms with Gasteiger partial charge in [0.25, 0.3) is 0 Å². The van der Waals surface area contributed by atoms with E-state index in [1.165, 1.54) is 0 Å². The van der Waals surface area contributed by atoms with Crippen molar-refractivity contribution in [2.24, 2.45) is 0 Å². The molecule has 0 aliphatic carbocycles. The van der Waals surface area contributed by atoms with Crippen LogP contribution in [0.5, 0.6) is 0 Å². The summed E-state index contributed by atoms with van der Waals surface area (Å²) in [4.78, 5) is 0. The maximum absolute atomic E-state index is 9.00. The minimum atomic E-state index is 0.0381. The van der Waals surface area contributed by atoms with E-state index < -0.39 is 0 Å². The molecular weight excluding hydrogens is 200 g/mol. The van der Waals surface area contributed by atoms with Crippen molar-refractivity contribution in [3.8, 4) is 0 Å². The molecule has 0 aromatic heterocycles. The lowest BCUT2D eigenvalue weighted by molar-refractivity contribution is 0.272. The van der Waals surface area contributed by atoms with E-state index in [0.29, 0.717) is 10.7 Å². The van der Waals surface area contributed by atoms with Crippen LogP contribution in [0.25, 0.3) is 0 Å². The molecule has 0 spiro atoms. The SMILES string of the molecule is CCC(CO)Nc1ccc(N)cc1Cl. The average molecular weight is 215 g/mol. The van der Waals surface area contributed by atoms with Crippen molar-refractivity contribution in [3.05, 3.63) is 23.2 Å². The van der Waals surface area contributed by atoms with Crippen LogP contribution in [0, 0.1) is 0 Å². The molecule has 0 bridgehead atoms. The lowest BCUT2D eigenvalue weighted by atomic mass is 10.2. The maximum Gasteiger partial charge on any atom is 0.0658 e. The normalized spacial score (nSPS) is 12.5. The van der Waals surface area contributed by atoms with Gasteiger partial charge in [0.1, 0.15) is 0 Å². The predicted molar refractivity (Wildman–Crippen MR) is 60.7 cm³/mol. The molecular formula is C10H15ClN2O. The zero-order valence-electron chi connectivity index (χ0n) is 8.13. The number of rotatable bonds is 4. The highest BCUT2D eigenvalue weighted by Gasteiger charge is 2.06. The Bertz CT molecular complexity index is 300. The maximum atomic E-state index is 9.00. The first kappa shape index (κ1) is 11.1. The van der Waals surface area contributed by atoms with Gasteiger partial charge >= 0.3 is 0 Å². The Balaban J connectivity index is 2.76. The van der Waals surface area contributed by atoms with Crippen molar-refractivity contribution in [3.63, 3.8) is 0 Å². The molecule has 1 aromatic carbocycles. The van der Waals surface area contributed by atoms with Crippen LogP contribution in [0.4, 0.5) is 11.4 Å². The van der Waals surface area contributed by atoms with Crippen LogP contribution in [-0.4, -0.2) is 17.8 Å². The van der Waals surface area contributed by atoms with Gasteiger partial charge in [0, 0.05) is 11.7 Å². The minimum Gasteiger partial charge on any atom is -0.399 e. The molecule has 4 heteroatoms. The van der Waals surface area contributed by atoms with Crippen molar-refractivity contribution in [1.29, 1.82) is 0 Å². The highest BCUT2D eigenvalue weighted by atomic mass is 35.5. The molecule has 0 saturated heterocycles. The molecule has 78 valence electrons. The fraction of sp³-hybridized carbons (Fsp3) is 0.400. The summed E-state index contributed by atoms with van der Waals surface area (Å²) in [6.45, 7) is 2.09. The van der Waals surface area contributed by atoms with Crippen LogP contribution < -0.4 is 11.1 Å². The van der Waals surface area contributed by atoms with Crippen LogP contribution in [-0.2, 0) is 0 Å². The first-order valence-electron chi connectivity index (χ1n) is 4.59. The van der Waals surface area contributed by atoms with Crippen molar-refractivity contribution < 1.29 is 5.11 Å². The monoisotopic (exact) mass is 214 g/mol. The molecule has 3 nitrogen and oxygen atoms in total. The number of aliphatic hydroxyl groups is 1. The molecule has 1 rings (SSSR count). The van der Waals surface area contributed by atoms with E-state index >= 15 is 0 Å². The van der Waals surface area contributed by atoms with Crippen LogP contribution >= 0.6 is 11.6 Å². The van der Waals surface area contributed by atoms with E-state index in [4.69, 9.17) is 22.4 Å². The van der Waals surface area contributed by atoms with Crippen molar-refractivity contribution >= 4 is 23.0 Å². The molecule has 0 aliphatic heterocycles. The van der Waals surface area contributed by atoms with Crippen LogP contribution in [0.3, 0.4) is 0 Å². The predicted octanol–water partition coefficient (Wildman–Crippen LogP) is 2.10. The molecule has 1 unspecified atom stereocenters. The summed E-state index contributed by atoms with van der Waals surface area (Å²) in [5, 5.41) is 12.7. The average Bonchev–Trinajstić information content (AvgIpc) is 2.17. The lowest BCUT2D eigenvalue weighted by Crippen LogP contribution is -2.22. The third-order valence-corrected chi connectivity index (χ3v) is 2.38. The van der Waals surface area contributed by atoms with Crippen LogP contribution in [0.15, 0.2) is 18.2 Å². The largest absolute Gasteiger partial charge is 0.399 e. The van der Waals surface area contributed by atoms with E-state index in [1.54, 1.807) is 12.1 Å². The number of nitrogens with two attached hydrogens (primary N) is 1. The van der Waals surface area contributed by atoms with Crippen molar-refractivity contribution in [1.82, 2.24) is 0 Å². The highest BCUT2D eigenvalue weighted by Crippen LogP contribution is 2.24. The Morgan fingerprint density at radius 2 is 2.29 bits per heavy atom. The van der Waals surface area contributed by atoms with Gasteiger partial charge in [0.05, 0.1) is 17.3 Å². The minimum absolute atomic E-state index is 0.0381. The first-order valence-corrected chi connectivity index (χ1v) is 4.97. The second-order valence-electron chi connectivity index (χ2n) is 3.17. The number of benzene rings is 1. The van der Waals surface area contributed by atoms with Gasteiger partial charge in [-0.3, -0.25) is 0 Å². The summed E-state index contributed by atoms with van der Waals surface area (Å²) in [7, 11) is 0. The lowest BCUT2D eigenvalue weighted by Gasteiger charge is -2.16. The third kappa shape index (κ3) is 2.79. The van der Waals surface area contributed by atoms with E-state index in [1.807, 2.05) is 13.0 Å². The molecule has 4 N–H and O–H groups in total. The van der Waals surface area contributed by atoms with Gasteiger partial charge in [-0.25, -0.2) is 0 Å². The Hall–Kier alpha value is -0.930. The van der Waals surface area contributed by atoms with E-state index in [-0.39, 0.29) is 12.6 Å². The molecule has 1 atom stereocenters. The van der Waals surface area contributed by atoms with E-state index in [0.717, 1.165) is 12.1 Å². The number of hydrogen-bond acceptors (Lipinski definition) is 3. The molecule has 0 fully saturated rings. The highest BCUT2D eigenvalue weighted by molar-refractivity contribution is 6.33. The number of nitrogens with one attached hydrogen (secondary N) is 1. The molecule has 1 aromatic rings. The standard InChI is InChI=1S/C10H15ClN2O/c1-2-8(6-14)13-10-4-3-7(12)5-9(10)11/h3-5,8,13-14H,2,6,12H2,1H3. The van der Waals surface area contributed by atoms with Gasteiger partial charge in [-0.05, 0) is 24.6 Å². The molecule has 0 amide bonds. The molecule has 0 heterocycles. The van der Waals surface area contributed by atoms with Crippen LogP contribution in [0.1, 0.15) is 13.3 Å². The van der Waals surface area contributed by atoms with Gasteiger partial charge in [0.15, 0.2) is 0 Å². The molecule has 0 radical (unpaired) electrons. The Labute approximate surface area is 88.9 Å². The zero-order chi connectivity index (χ0) is 10.6. The summed E-state index contributed by atoms with van der Waals surface area (Å²) in [6.07, 6.45) is 0.844. The second kappa shape index (κ2) is 5.08. The smallest absolute Gasteiger partial charge is 0.0658 e. The summed E-state index contributed by atoms with van der Waals surface area (Å²) in [5.41, 5.74) is 7.01. The zero-order valence-corrected chi connectivity index (χ0v) is 8.88. The fourth-order valence-corrected chi connectivity index (χ4v) is 1.39. The number of nitrogen functional groups attached to an aromatic ring is 1. The van der Waals surface area contributed by atoms with E-state index in [9.17, 15) is 0 Å². The summed E-state index contributed by atoms with van der Waals surface area (Å²) in [6, 6.07) is 5.32. The topological polar surface area (TPSA) is 58.3 Å². The first-order chi connectivity index (χ1) is 6.67. The number of hydrogen-bond donors (Lipinski definition) is 3. The van der Waals surface area contributed by atoms with Gasteiger partial charge in [-0.1, -0.05) is 18.5 Å². The number of halogens is 1. The molecule has 0 aliphatic rings. The van der Waals surface area contributed by atoms with Gasteiger partial charge < -0.3 is 16.2 Å². The summed E-state index contributed by atoms with van der Waals surface area (Å²) < 4.78 is 0. The van der Waals surface area contributed by atoms with Gasteiger partial charge in [0.2, 0.25) is 0 Å². The molecule has 0 saturated carbocycles. The Morgan fingerprint density at radius 3 is 2.79 bits per heavy atom. The second-order valence-corrected chi connectivity index (χ2v) is 3.58. The Kier molecular flexibility index (Phi) is 4.04. The number of aliphatic hydroxyl groups excluding tert-OH is 1. The van der Waals surface area contributed by atoms with Gasteiger partial charge in [-0.2, -0.15) is 0 Å². The summed E-state index contributed by atoms with van der Waals surface area (Å²) in [5.74, 6) is 0.